The van der Waals surface area contributed by atoms with E-state index in [9.17, 15) is 0 Å². The molecule has 1 aromatic rings. The van der Waals surface area contributed by atoms with Gasteiger partial charge in [-0.05, 0) is 92.7 Å². The third-order valence-corrected chi connectivity index (χ3v) is 8.28. The first kappa shape index (κ1) is 24.0. The largest absolute Gasteiger partial charge is 0.496 e. The fourth-order valence-corrected chi connectivity index (χ4v) is 6.55. The molecule has 2 aliphatic carbocycles. The lowest BCUT2D eigenvalue weighted by Crippen LogP contribution is -2.31. The van der Waals surface area contributed by atoms with Crippen LogP contribution in [-0.4, -0.2) is 39.3 Å². The number of fused-ring (bicyclic) bond motifs is 2. The molecule has 1 saturated heterocycles. The molecule has 0 aromatic heterocycles. The van der Waals surface area contributed by atoms with E-state index in [1.54, 1.807) is 7.11 Å². The van der Waals surface area contributed by atoms with E-state index in [1.165, 1.54) is 56.1 Å². The van der Waals surface area contributed by atoms with Gasteiger partial charge in [0, 0.05) is 13.7 Å². The molecule has 3 aliphatic rings. The topological polar surface area (TPSA) is 36.9 Å². The van der Waals surface area contributed by atoms with E-state index in [1.807, 2.05) is 7.11 Å². The average molecular weight is 445 g/mol. The molecule has 4 heteroatoms. The Morgan fingerprint density at radius 1 is 1.09 bits per heavy atom. The van der Waals surface area contributed by atoms with Crippen LogP contribution in [0.5, 0.6) is 5.75 Å². The molecule has 1 saturated carbocycles. The lowest BCUT2D eigenvalue weighted by molar-refractivity contribution is -0.191. The fourth-order valence-electron chi connectivity index (χ4n) is 6.55. The van der Waals surface area contributed by atoms with E-state index < -0.39 is 0 Å². The summed E-state index contributed by atoms with van der Waals surface area (Å²) in [5.74, 6) is 3.10. The third-order valence-electron chi connectivity index (χ3n) is 8.28. The van der Waals surface area contributed by atoms with Crippen LogP contribution in [0.3, 0.4) is 0 Å². The van der Waals surface area contributed by atoms with Gasteiger partial charge < -0.3 is 18.9 Å². The second-order valence-electron chi connectivity index (χ2n) is 10.2. The maximum Gasteiger partial charge on any atom is 0.157 e. The number of methoxy groups -OCH3 is 2. The van der Waals surface area contributed by atoms with Gasteiger partial charge in [0.05, 0.1) is 19.3 Å². The molecule has 1 aromatic carbocycles. The molecule has 1 aliphatic heterocycles. The van der Waals surface area contributed by atoms with Crippen LogP contribution in [0.2, 0.25) is 0 Å². The van der Waals surface area contributed by atoms with E-state index >= 15 is 0 Å². The number of hydrogen-bond donors (Lipinski definition) is 0. The maximum atomic E-state index is 6.51. The first-order chi connectivity index (χ1) is 15.7. The molecule has 0 radical (unpaired) electrons. The van der Waals surface area contributed by atoms with Crippen molar-refractivity contribution in [3.8, 4) is 5.75 Å². The molecule has 4 nitrogen and oxygen atoms in total. The number of unbranched alkanes of at least 4 members (excludes halogenated alkanes) is 2. The van der Waals surface area contributed by atoms with Crippen molar-refractivity contribution in [3.63, 3.8) is 0 Å². The summed E-state index contributed by atoms with van der Waals surface area (Å²) in [5.41, 5.74) is 2.92. The van der Waals surface area contributed by atoms with Crippen molar-refractivity contribution in [1.82, 2.24) is 0 Å². The quantitative estimate of drug-likeness (QED) is 0.374. The van der Waals surface area contributed by atoms with Crippen LogP contribution in [0.1, 0.15) is 82.3 Å². The second-order valence-corrected chi connectivity index (χ2v) is 10.2. The lowest BCUT2D eigenvalue weighted by atomic mass is 9.73. The van der Waals surface area contributed by atoms with Crippen molar-refractivity contribution >= 4 is 0 Å². The number of rotatable bonds is 11. The minimum Gasteiger partial charge on any atom is -0.496 e. The Kier molecular flexibility index (Phi) is 8.90. The van der Waals surface area contributed by atoms with Gasteiger partial charge in [0.15, 0.2) is 6.29 Å². The molecule has 0 bridgehead atoms. The molecule has 0 spiro atoms. The molecule has 0 N–H and O–H groups in total. The minimum atomic E-state index is 0.0129. The Balaban J connectivity index is 1.41. The van der Waals surface area contributed by atoms with E-state index in [4.69, 9.17) is 18.9 Å². The molecule has 0 amide bonds. The van der Waals surface area contributed by atoms with Crippen LogP contribution >= 0.6 is 0 Å². The zero-order valence-electron chi connectivity index (χ0n) is 20.5. The van der Waals surface area contributed by atoms with Crippen molar-refractivity contribution in [2.45, 2.75) is 102 Å². The summed E-state index contributed by atoms with van der Waals surface area (Å²) in [7, 11) is 3.71. The summed E-state index contributed by atoms with van der Waals surface area (Å²) < 4.78 is 24.2. The van der Waals surface area contributed by atoms with Gasteiger partial charge in [-0.2, -0.15) is 0 Å². The molecular formula is C28H44O4. The fraction of sp³-hybridized carbons (Fsp3) is 0.786. The van der Waals surface area contributed by atoms with Crippen molar-refractivity contribution in [1.29, 1.82) is 0 Å². The van der Waals surface area contributed by atoms with Crippen molar-refractivity contribution in [3.05, 3.63) is 29.3 Å². The highest BCUT2D eigenvalue weighted by atomic mass is 16.7. The molecule has 32 heavy (non-hydrogen) atoms. The van der Waals surface area contributed by atoms with Gasteiger partial charge in [-0.15, -0.1) is 0 Å². The minimum absolute atomic E-state index is 0.0129. The van der Waals surface area contributed by atoms with Crippen LogP contribution in [0.15, 0.2) is 18.2 Å². The van der Waals surface area contributed by atoms with E-state index in [2.05, 4.69) is 25.1 Å². The summed E-state index contributed by atoms with van der Waals surface area (Å²) in [6.45, 7) is 3.13. The second kappa shape index (κ2) is 11.9. The average Bonchev–Trinajstić information content (AvgIpc) is 3.17. The number of benzene rings is 1. The molecule has 4 rings (SSSR count). The van der Waals surface area contributed by atoms with Crippen molar-refractivity contribution in [2.24, 2.45) is 17.8 Å². The molecule has 1 heterocycles. The van der Waals surface area contributed by atoms with Crippen molar-refractivity contribution in [2.75, 3.05) is 20.8 Å². The van der Waals surface area contributed by atoms with Crippen LogP contribution in [0.25, 0.3) is 0 Å². The third kappa shape index (κ3) is 5.69. The highest BCUT2D eigenvalue weighted by molar-refractivity contribution is 5.43. The van der Waals surface area contributed by atoms with Crippen molar-refractivity contribution < 1.29 is 18.9 Å². The van der Waals surface area contributed by atoms with Gasteiger partial charge in [-0.3, -0.25) is 0 Å². The first-order valence-corrected chi connectivity index (χ1v) is 13.2. The van der Waals surface area contributed by atoms with Crippen LogP contribution in [0.4, 0.5) is 0 Å². The normalized spacial score (nSPS) is 30.5. The summed E-state index contributed by atoms with van der Waals surface area (Å²) in [4.78, 5) is 0. The first-order valence-electron chi connectivity index (χ1n) is 13.2. The van der Waals surface area contributed by atoms with Gasteiger partial charge in [0.1, 0.15) is 5.75 Å². The standard InChI is InChI=1S/C28H44O4/c1-4-5-6-11-22(32-28-13-7-8-16-31-28)14-15-23-24-17-20-10-9-12-26(29-2)25(20)18-21(24)19-27(23)30-3/h9-10,12,21-24,27-28H,4-8,11,13-19H2,1-3H3. The molecule has 180 valence electrons. The Hall–Kier alpha value is -1.10. The van der Waals surface area contributed by atoms with Gasteiger partial charge in [0.2, 0.25) is 0 Å². The predicted molar refractivity (Wildman–Crippen MR) is 128 cm³/mol. The number of ether oxygens (including phenoxy) is 4. The summed E-state index contributed by atoms with van der Waals surface area (Å²) in [6, 6.07) is 6.57. The Labute approximate surface area is 195 Å². The van der Waals surface area contributed by atoms with Gasteiger partial charge in [0.25, 0.3) is 0 Å². The highest BCUT2D eigenvalue weighted by Gasteiger charge is 2.45. The van der Waals surface area contributed by atoms with Gasteiger partial charge >= 0.3 is 0 Å². The van der Waals surface area contributed by atoms with E-state index in [0.717, 1.165) is 44.5 Å². The lowest BCUT2D eigenvalue weighted by Gasteiger charge is -2.33. The summed E-state index contributed by atoms with van der Waals surface area (Å²) in [6.07, 6.45) is 14.9. The van der Waals surface area contributed by atoms with Gasteiger partial charge in [-0.1, -0.05) is 38.3 Å². The molecule has 2 fully saturated rings. The molecular weight excluding hydrogens is 400 g/mol. The van der Waals surface area contributed by atoms with E-state index in [-0.39, 0.29) is 6.29 Å². The van der Waals surface area contributed by atoms with Crippen LogP contribution < -0.4 is 4.74 Å². The highest BCUT2D eigenvalue weighted by Crippen LogP contribution is 2.49. The predicted octanol–water partition coefficient (Wildman–Crippen LogP) is 6.33. The summed E-state index contributed by atoms with van der Waals surface area (Å²) >= 11 is 0. The van der Waals surface area contributed by atoms with Gasteiger partial charge in [-0.25, -0.2) is 0 Å². The Bertz CT molecular complexity index is 699. The zero-order valence-corrected chi connectivity index (χ0v) is 20.5. The van der Waals surface area contributed by atoms with Crippen LogP contribution in [0, 0.1) is 17.8 Å². The summed E-state index contributed by atoms with van der Waals surface area (Å²) in [5, 5.41) is 0. The van der Waals surface area contributed by atoms with Crippen LogP contribution in [-0.2, 0) is 27.1 Å². The Morgan fingerprint density at radius 3 is 2.75 bits per heavy atom. The molecule has 6 unspecified atom stereocenters. The Morgan fingerprint density at radius 2 is 2.00 bits per heavy atom. The monoisotopic (exact) mass is 444 g/mol. The zero-order chi connectivity index (χ0) is 22.3. The maximum absolute atomic E-state index is 6.51. The smallest absolute Gasteiger partial charge is 0.157 e. The van der Waals surface area contributed by atoms with E-state index in [0.29, 0.717) is 30.0 Å². The number of hydrogen-bond acceptors (Lipinski definition) is 4. The SMILES string of the molecule is CCCCCC(CCC1C(OC)CC2Cc3c(cccc3OC)CC21)OC1CCCCO1. The molecule has 6 atom stereocenters.